The lowest BCUT2D eigenvalue weighted by molar-refractivity contribution is -0.127. The maximum atomic E-state index is 12.2. The van der Waals surface area contributed by atoms with E-state index in [1.165, 1.54) is 0 Å². The zero-order valence-electron chi connectivity index (χ0n) is 13.6. The minimum atomic E-state index is -0.0336. The third-order valence-corrected chi connectivity index (χ3v) is 5.15. The molecular weight excluding hydrogens is 266 g/mol. The first kappa shape index (κ1) is 16.7. The van der Waals surface area contributed by atoms with Gasteiger partial charge in [0.2, 0.25) is 5.91 Å². The molecule has 2 fully saturated rings. The van der Waals surface area contributed by atoms with Crippen molar-refractivity contribution >= 4 is 5.91 Å². The molecule has 3 N–H and O–H groups in total. The summed E-state index contributed by atoms with van der Waals surface area (Å²) in [7, 11) is 0. The Hall–Kier alpha value is -0.650. The van der Waals surface area contributed by atoms with Crippen molar-refractivity contribution in [1.82, 2.24) is 10.2 Å². The largest absolute Gasteiger partial charge is 0.375 e. The van der Waals surface area contributed by atoms with E-state index in [2.05, 4.69) is 24.1 Å². The van der Waals surface area contributed by atoms with Crippen molar-refractivity contribution < 1.29 is 9.53 Å². The van der Waals surface area contributed by atoms with E-state index in [9.17, 15) is 4.79 Å². The highest BCUT2D eigenvalue weighted by Crippen LogP contribution is 2.31. The van der Waals surface area contributed by atoms with Crippen molar-refractivity contribution in [2.24, 2.45) is 5.73 Å². The predicted octanol–water partition coefficient (Wildman–Crippen LogP) is 1.26. The number of rotatable bonds is 5. The van der Waals surface area contributed by atoms with Crippen LogP contribution in [0.1, 0.15) is 52.4 Å². The molecule has 1 unspecified atom stereocenters. The lowest BCUT2D eigenvalue weighted by atomic mass is 9.86. The Kier molecular flexibility index (Phi) is 6.02. The van der Waals surface area contributed by atoms with Gasteiger partial charge in [-0.2, -0.15) is 0 Å². The molecule has 21 heavy (non-hydrogen) atoms. The second kappa shape index (κ2) is 7.56. The standard InChI is InChI=1S/C16H31N3O2/c1-3-16(4-2)11-14(7-10-21-16)18-15(20)12-19-8-5-13(17)6-9-19/h13-14H,3-12,17H2,1-2H3,(H,18,20). The molecule has 0 aromatic carbocycles. The van der Waals surface area contributed by atoms with Crippen molar-refractivity contribution in [3.05, 3.63) is 0 Å². The summed E-state index contributed by atoms with van der Waals surface area (Å²) in [4.78, 5) is 14.4. The first-order valence-electron chi connectivity index (χ1n) is 8.48. The van der Waals surface area contributed by atoms with E-state index in [-0.39, 0.29) is 17.6 Å². The molecule has 5 heteroatoms. The maximum absolute atomic E-state index is 12.2. The Balaban J connectivity index is 1.77. The minimum absolute atomic E-state index is 0.0336. The number of likely N-dealkylation sites (tertiary alicyclic amines) is 1. The Bertz CT molecular complexity index is 336. The Labute approximate surface area is 128 Å². The van der Waals surface area contributed by atoms with Gasteiger partial charge in [0.1, 0.15) is 0 Å². The highest BCUT2D eigenvalue weighted by Gasteiger charge is 2.35. The molecule has 0 bridgehead atoms. The molecule has 2 aliphatic heterocycles. The quantitative estimate of drug-likeness (QED) is 0.802. The van der Waals surface area contributed by atoms with Gasteiger partial charge in [0, 0.05) is 31.8 Å². The molecule has 1 atom stereocenters. The average molecular weight is 297 g/mol. The van der Waals surface area contributed by atoms with Crippen LogP contribution in [0.4, 0.5) is 0 Å². The first-order chi connectivity index (χ1) is 10.1. The van der Waals surface area contributed by atoms with E-state index in [1.807, 2.05) is 0 Å². The van der Waals surface area contributed by atoms with Crippen LogP contribution in [0.15, 0.2) is 0 Å². The molecule has 0 aromatic rings. The number of piperidine rings is 1. The zero-order chi connectivity index (χ0) is 15.3. The smallest absolute Gasteiger partial charge is 0.234 e. The van der Waals surface area contributed by atoms with Gasteiger partial charge >= 0.3 is 0 Å². The van der Waals surface area contributed by atoms with E-state index in [0.717, 1.165) is 58.2 Å². The number of amides is 1. The molecule has 0 radical (unpaired) electrons. The molecular formula is C16H31N3O2. The molecule has 0 aromatic heterocycles. The minimum Gasteiger partial charge on any atom is -0.375 e. The third kappa shape index (κ3) is 4.66. The maximum Gasteiger partial charge on any atom is 0.234 e. The van der Waals surface area contributed by atoms with Crippen LogP contribution in [0.5, 0.6) is 0 Å². The van der Waals surface area contributed by atoms with Gasteiger partial charge in [-0.15, -0.1) is 0 Å². The van der Waals surface area contributed by atoms with Gasteiger partial charge in [0.05, 0.1) is 12.1 Å². The summed E-state index contributed by atoms with van der Waals surface area (Å²) in [5, 5.41) is 3.21. The Morgan fingerprint density at radius 3 is 2.57 bits per heavy atom. The fourth-order valence-corrected chi connectivity index (χ4v) is 3.48. The molecule has 2 heterocycles. The van der Waals surface area contributed by atoms with Crippen LogP contribution < -0.4 is 11.1 Å². The molecule has 5 nitrogen and oxygen atoms in total. The molecule has 1 amide bonds. The number of nitrogens with one attached hydrogen (secondary N) is 1. The summed E-state index contributed by atoms with van der Waals surface area (Å²) >= 11 is 0. The second-order valence-electron chi connectivity index (χ2n) is 6.61. The summed E-state index contributed by atoms with van der Waals surface area (Å²) in [5.41, 5.74) is 5.86. The molecule has 0 saturated carbocycles. The number of ether oxygens (including phenoxy) is 1. The SMILES string of the molecule is CCC1(CC)CC(NC(=O)CN2CCC(N)CC2)CCO1. The van der Waals surface area contributed by atoms with Crippen LogP contribution >= 0.6 is 0 Å². The van der Waals surface area contributed by atoms with E-state index in [4.69, 9.17) is 10.5 Å². The molecule has 0 aliphatic carbocycles. The lowest BCUT2D eigenvalue weighted by Gasteiger charge is -2.40. The Morgan fingerprint density at radius 2 is 1.95 bits per heavy atom. The van der Waals surface area contributed by atoms with Crippen LogP contribution in [0, 0.1) is 0 Å². The van der Waals surface area contributed by atoms with E-state index >= 15 is 0 Å². The highest BCUT2D eigenvalue weighted by molar-refractivity contribution is 5.78. The fourth-order valence-electron chi connectivity index (χ4n) is 3.48. The van der Waals surface area contributed by atoms with Gasteiger partial charge in [-0.3, -0.25) is 9.69 Å². The molecule has 2 aliphatic rings. The number of hydrogen-bond acceptors (Lipinski definition) is 4. The van der Waals surface area contributed by atoms with Gasteiger partial charge in [-0.05, 0) is 38.5 Å². The summed E-state index contributed by atoms with van der Waals surface area (Å²) in [6.45, 7) is 7.49. The number of nitrogens with zero attached hydrogens (tertiary/aromatic N) is 1. The van der Waals surface area contributed by atoms with Crippen LogP contribution in [0.2, 0.25) is 0 Å². The molecule has 2 saturated heterocycles. The van der Waals surface area contributed by atoms with Crippen molar-refractivity contribution in [3.63, 3.8) is 0 Å². The summed E-state index contributed by atoms with van der Waals surface area (Å²) in [5.74, 6) is 0.151. The lowest BCUT2D eigenvalue weighted by Crippen LogP contribution is -2.51. The normalized spacial score (nSPS) is 27.5. The first-order valence-corrected chi connectivity index (χ1v) is 8.48. The van der Waals surface area contributed by atoms with Gasteiger partial charge in [-0.1, -0.05) is 13.8 Å². The number of hydrogen-bond donors (Lipinski definition) is 2. The highest BCUT2D eigenvalue weighted by atomic mass is 16.5. The summed E-state index contributed by atoms with van der Waals surface area (Å²) < 4.78 is 5.96. The number of nitrogens with two attached hydrogens (primary N) is 1. The van der Waals surface area contributed by atoms with Crippen molar-refractivity contribution in [3.8, 4) is 0 Å². The van der Waals surface area contributed by atoms with Crippen LogP contribution in [0.3, 0.4) is 0 Å². The average Bonchev–Trinajstić information content (AvgIpc) is 2.49. The van der Waals surface area contributed by atoms with Gasteiger partial charge < -0.3 is 15.8 Å². The van der Waals surface area contributed by atoms with E-state index in [1.54, 1.807) is 0 Å². The topological polar surface area (TPSA) is 67.6 Å². The van der Waals surface area contributed by atoms with Crippen molar-refractivity contribution in [2.75, 3.05) is 26.2 Å². The van der Waals surface area contributed by atoms with Gasteiger partial charge in [-0.25, -0.2) is 0 Å². The van der Waals surface area contributed by atoms with E-state index < -0.39 is 0 Å². The van der Waals surface area contributed by atoms with Crippen molar-refractivity contribution in [1.29, 1.82) is 0 Å². The zero-order valence-corrected chi connectivity index (χ0v) is 13.6. The van der Waals surface area contributed by atoms with Crippen molar-refractivity contribution in [2.45, 2.75) is 70.1 Å². The summed E-state index contributed by atoms with van der Waals surface area (Å²) in [6, 6.07) is 0.577. The Morgan fingerprint density at radius 1 is 1.29 bits per heavy atom. The molecule has 2 rings (SSSR count). The van der Waals surface area contributed by atoms with Gasteiger partial charge in [0.25, 0.3) is 0 Å². The third-order valence-electron chi connectivity index (χ3n) is 5.15. The summed E-state index contributed by atoms with van der Waals surface area (Å²) in [6.07, 6.45) is 5.90. The van der Waals surface area contributed by atoms with Crippen LogP contribution in [-0.4, -0.2) is 54.7 Å². The van der Waals surface area contributed by atoms with E-state index in [0.29, 0.717) is 12.6 Å². The van der Waals surface area contributed by atoms with Gasteiger partial charge in [0.15, 0.2) is 0 Å². The second-order valence-corrected chi connectivity index (χ2v) is 6.61. The predicted molar refractivity (Wildman–Crippen MR) is 84.1 cm³/mol. The molecule has 0 spiro atoms. The molecule has 122 valence electrons. The fraction of sp³-hybridized carbons (Fsp3) is 0.938. The van der Waals surface area contributed by atoms with Crippen LogP contribution in [0.25, 0.3) is 0 Å². The monoisotopic (exact) mass is 297 g/mol. The number of carbonyl (C=O) groups is 1. The van der Waals surface area contributed by atoms with Crippen LogP contribution in [-0.2, 0) is 9.53 Å². The number of carbonyl (C=O) groups excluding carboxylic acids is 1.